The predicted molar refractivity (Wildman–Crippen MR) is 88.2 cm³/mol. The molecule has 0 bridgehead atoms. The summed E-state index contributed by atoms with van der Waals surface area (Å²) in [7, 11) is 0. The molecule has 126 valence electrons. The van der Waals surface area contributed by atoms with Crippen LogP contribution in [-0.2, 0) is 6.42 Å². The first-order chi connectivity index (χ1) is 11.3. The van der Waals surface area contributed by atoms with Gasteiger partial charge in [0.25, 0.3) is 0 Å². The van der Waals surface area contributed by atoms with Gasteiger partial charge in [0.05, 0.1) is 0 Å². The Morgan fingerprint density at radius 2 is 1.87 bits per heavy atom. The van der Waals surface area contributed by atoms with Crippen molar-refractivity contribution in [1.82, 2.24) is 15.1 Å². The number of urea groups is 1. The SMILES string of the molecule is CCN1CCN(C(=O)NCCc2ccc3c(c2)OCCO3)CC1. The molecule has 3 rings (SSSR count). The first kappa shape index (κ1) is 15.9. The van der Waals surface area contributed by atoms with Gasteiger partial charge in [-0.3, -0.25) is 0 Å². The van der Waals surface area contributed by atoms with E-state index in [2.05, 4.69) is 17.1 Å². The summed E-state index contributed by atoms with van der Waals surface area (Å²) < 4.78 is 11.1. The average molecular weight is 319 g/mol. The minimum atomic E-state index is 0.0401. The number of carbonyl (C=O) groups excluding carboxylic acids is 1. The molecule has 1 aromatic carbocycles. The summed E-state index contributed by atoms with van der Waals surface area (Å²) in [4.78, 5) is 16.4. The van der Waals surface area contributed by atoms with Crippen LogP contribution < -0.4 is 14.8 Å². The van der Waals surface area contributed by atoms with Gasteiger partial charge in [-0.05, 0) is 30.7 Å². The number of nitrogens with zero attached hydrogens (tertiary/aromatic N) is 2. The van der Waals surface area contributed by atoms with Crippen molar-refractivity contribution in [2.24, 2.45) is 0 Å². The quantitative estimate of drug-likeness (QED) is 0.910. The molecule has 6 nitrogen and oxygen atoms in total. The highest BCUT2D eigenvalue weighted by Crippen LogP contribution is 2.30. The summed E-state index contributed by atoms with van der Waals surface area (Å²) in [6.45, 7) is 8.59. The van der Waals surface area contributed by atoms with Crippen molar-refractivity contribution in [1.29, 1.82) is 0 Å². The lowest BCUT2D eigenvalue weighted by molar-refractivity contribution is 0.143. The number of piperazine rings is 1. The van der Waals surface area contributed by atoms with Crippen LogP contribution in [0.3, 0.4) is 0 Å². The third kappa shape index (κ3) is 4.07. The van der Waals surface area contributed by atoms with E-state index in [0.717, 1.165) is 56.2 Å². The van der Waals surface area contributed by atoms with Crippen molar-refractivity contribution in [3.8, 4) is 11.5 Å². The second-order valence-corrected chi connectivity index (χ2v) is 5.88. The lowest BCUT2D eigenvalue weighted by atomic mass is 10.1. The molecule has 0 unspecified atom stereocenters. The van der Waals surface area contributed by atoms with E-state index in [-0.39, 0.29) is 6.03 Å². The number of benzene rings is 1. The van der Waals surface area contributed by atoms with Crippen molar-refractivity contribution in [3.05, 3.63) is 23.8 Å². The monoisotopic (exact) mass is 319 g/mol. The molecule has 1 aromatic rings. The van der Waals surface area contributed by atoms with Gasteiger partial charge in [-0.25, -0.2) is 4.79 Å². The zero-order chi connectivity index (χ0) is 16.1. The number of nitrogens with one attached hydrogen (secondary N) is 1. The number of hydrogen-bond donors (Lipinski definition) is 1. The van der Waals surface area contributed by atoms with Gasteiger partial charge in [-0.1, -0.05) is 13.0 Å². The van der Waals surface area contributed by atoms with Gasteiger partial charge < -0.3 is 24.6 Å². The fraction of sp³-hybridized carbons (Fsp3) is 0.588. The molecule has 0 aliphatic carbocycles. The van der Waals surface area contributed by atoms with Gasteiger partial charge >= 0.3 is 6.03 Å². The summed E-state index contributed by atoms with van der Waals surface area (Å²) in [5.74, 6) is 1.61. The number of likely N-dealkylation sites (N-methyl/N-ethyl adjacent to an activating group) is 1. The molecule has 0 radical (unpaired) electrons. The molecule has 0 spiro atoms. The third-order valence-electron chi connectivity index (χ3n) is 4.40. The van der Waals surface area contributed by atoms with Crippen LogP contribution in [0.15, 0.2) is 18.2 Å². The second-order valence-electron chi connectivity index (χ2n) is 5.88. The highest BCUT2D eigenvalue weighted by atomic mass is 16.6. The fourth-order valence-corrected chi connectivity index (χ4v) is 2.94. The topological polar surface area (TPSA) is 54.0 Å². The van der Waals surface area contributed by atoms with Crippen LogP contribution in [-0.4, -0.2) is 68.3 Å². The normalized spacial score (nSPS) is 17.9. The third-order valence-corrected chi connectivity index (χ3v) is 4.40. The second kappa shape index (κ2) is 7.55. The van der Waals surface area contributed by atoms with E-state index in [1.54, 1.807) is 0 Å². The maximum Gasteiger partial charge on any atom is 0.317 e. The minimum Gasteiger partial charge on any atom is -0.486 e. The van der Waals surface area contributed by atoms with Gasteiger partial charge in [0.2, 0.25) is 0 Å². The van der Waals surface area contributed by atoms with Gasteiger partial charge in [0, 0.05) is 32.7 Å². The Morgan fingerprint density at radius 1 is 1.13 bits per heavy atom. The molecule has 1 fully saturated rings. The Kier molecular flexibility index (Phi) is 5.23. The van der Waals surface area contributed by atoms with E-state index in [9.17, 15) is 4.79 Å². The first-order valence-electron chi connectivity index (χ1n) is 8.40. The van der Waals surface area contributed by atoms with E-state index in [4.69, 9.17) is 9.47 Å². The fourth-order valence-electron chi connectivity index (χ4n) is 2.94. The summed E-state index contributed by atoms with van der Waals surface area (Å²) in [6.07, 6.45) is 0.789. The molecular weight excluding hydrogens is 294 g/mol. The zero-order valence-electron chi connectivity index (χ0n) is 13.7. The number of hydrogen-bond acceptors (Lipinski definition) is 4. The summed E-state index contributed by atoms with van der Waals surface area (Å²) in [5, 5.41) is 3.01. The van der Waals surface area contributed by atoms with Crippen LogP contribution in [0.2, 0.25) is 0 Å². The molecular formula is C17H25N3O3. The van der Waals surface area contributed by atoms with Gasteiger partial charge in [-0.2, -0.15) is 0 Å². The van der Waals surface area contributed by atoms with Crippen molar-refractivity contribution >= 4 is 6.03 Å². The molecule has 2 aliphatic heterocycles. The van der Waals surface area contributed by atoms with Gasteiger partial charge in [0.15, 0.2) is 11.5 Å². The summed E-state index contributed by atoms with van der Waals surface area (Å²) in [6, 6.07) is 6.01. The minimum absolute atomic E-state index is 0.0401. The van der Waals surface area contributed by atoms with Crippen molar-refractivity contribution in [3.63, 3.8) is 0 Å². The number of carbonyl (C=O) groups is 1. The Balaban J connectivity index is 1.43. The van der Waals surface area contributed by atoms with E-state index in [0.29, 0.717) is 19.8 Å². The molecule has 0 atom stereocenters. The largest absolute Gasteiger partial charge is 0.486 e. The summed E-state index contributed by atoms with van der Waals surface area (Å²) >= 11 is 0. The molecule has 1 N–H and O–H groups in total. The van der Waals surface area contributed by atoms with Crippen molar-refractivity contribution < 1.29 is 14.3 Å². The predicted octanol–water partition coefficient (Wildman–Crippen LogP) is 1.35. The maximum absolute atomic E-state index is 12.2. The molecule has 2 heterocycles. The van der Waals surface area contributed by atoms with Crippen molar-refractivity contribution in [2.45, 2.75) is 13.3 Å². The smallest absolute Gasteiger partial charge is 0.317 e. The van der Waals surface area contributed by atoms with Gasteiger partial charge in [-0.15, -0.1) is 0 Å². The average Bonchev–Trinajstić information content (AvgIpc) is 2.61. The van der Waals surface area contributed by atoms with E-state index >= 15 is 0 Å². The lowest BCUT2D eigenvalue weighted by Crippen LogP contribution is -2.51. The molecule has 0 saturated carbocycles. The van der Waals surface area contributed by atoms with Crippen LogP contribution in [0.25, 0.3) is 0 Å². The lowest BCUT2D eigenvalue weighted by Gasteiger charge is -2.34. The van der Waals surface area contributed by atoms with E-state index < -0.39 is 0 Å². The Bertz CT molecular complexity index is 542. The Labute approximate surface area is 137 Å². The number of ether oxygens (including phenoxy) is 2. The molecule has 2 aliphatic rings. The molecule has 1 saturated heterocycles. The zero-order valence-corrected chi connectivity index (χ0v) is 13.7. The molecule has 23 heavy (non-hydrogen) atoms. The molecule has 6 heteroatoms. The van der Waals surface area contributed by atoms with Crippen LogP contribution in [0.4, 0.5) is 4.79 Å². The van der Waals surface area contributed by atoms with Crippen LogP contribution in [0, 0.1) is 0 Å². The molecule has 0 aromatic heterocycles. The number of rotatable bonds is 4. The molecule has 2 amide bonds. The van der Waals surface area contributed by atoms with E-state index in [1.165, 1.54) is 0 Å². The van der Waals surface area contributed by atoms with Crippen LogP contribution in [0.5, 0.6) is 11.5 Å². The number of fused-ring (bicyclic) bond motifs is 1. The van der Waals surface area contributed by atoms with Crippen molar-refractivity contribution in [2.75, 3.05) is 52.5 Å². The summed E-state index contributed by atoms with van der Waals surface area (Å²) in [5.41, 5.74) is 1.14. The van der Waals surface area contributed by atoms with Crippen LogP contribution in [0.1, 0.15) is 12.5 Å². The standard InChI is InChI=1S/C17H25N3O3/c1-2-19-7-9-20(10-8-19)17(21)18-6-5-14-3-4-15-16(13-14)23-12-11-22-15/h3-4,13H,2,5-12H2,1H3,(H,18,21). The Hall–Kier alpha value is -1.95. The highest BCUT2D eigenvalue weighted by molar-refractivity contribution is 5.74. The first-order valence-corrected chi connectivity index (χ1v) is 8.40. The van der Waals surface area contributed by atoms with E-state index in [1.807, 2.05) is 23.1 Å². The Morgan fingerprint density at radius 3 is 2.61 bits per heavy atom. The maximum atomic E-state index is 12.2. The number of amides is 2. The highest BCUT2D eigenvalue weighted by Gasteiger charge is 2.19. The van der Waals surface area contributed by atoms with Crippen LogP contribution >= 0.6 is 0 Å². The van der Waals surface area contributed by atoms with Gasteiger partial charge in [0.1, 0.15) is 13.2 Å².